The molecule has 0 radical (unpaired) electrons. The second-order valence-electron chi connectivity index (χ2n) is 8.26. The highest BCUT2D eigenvalue weighted by Gasteiger charge is 2.20. The van der Waals surface area contributed by atoms with Crippen molar-refractivity contribution in [2.24, 2.45) is 0 Å². The Morgan fingerprint density at radius 2 is 1.79 bits per heavy atom. The van der Waals surface area contributed by atoms with Crippen molar-refractivity contribution in [3.63, 3.8) is 0 Å². The first-order valence-electron chi connectivity index (χ1n) is 11.4. The Labute approximate surface area is 181 Å². The highest BCUT2D eigenvalue weighted by molar-refractivity contribution is 7.80. The number of anilines is 1. The fourth-order valence-corrected chi connectivity index (χ4v) is 4.67. The van der Waals surface area contributed by atoms with Gasteiger partial charge in [0.1, 0.15) is 0 Å². The number of carbonyl (C=O) groups excluding carboxylic acids is 1. The van der Waals surface area contributed by atoms with Gasteiger partial charge in [-0.05, 0) is 88.0 Å². The molecule has 2 aliphatic rings. The summed E-state index contributed by atoms with van der Waals surface area (Å²) < 4.78 is 0. The Kier molecular flexibility index (Phi) is 8.74. The molecule has 2 fully saturated rings. The van der Waals surface area contributed by atoms with Gasteiger partial charge < -0.3 is 20.4 Å². The molecule has 1 atom stereocenters. The van der Waals surface area contributed by atoms with Crippen LogP contribution in [0.2, 0.25) is 0 Å². The summed E-state index contributed by atoms with van der Waals surface area (Å²) in [5.74, 6) is 0.139. The number of carbonyl (C=O) groups is 1. The molecule has 0 aromatic heterocycles. The van der Waals surface area contributed by atoms with Crippen LogP contribution < -0.4 is 10.6 Å². The van der Waals surface area contributed by atoms with Crippen molar-refractivity contribution in [3.05, 3.63) is 29.8 Å². The Balaban J connectivity index is 1.37. The molecule has 5 nitrogen and oxygen atoms in total. The van der Waals surface area contributed by atoms with Crippen molar-refractivity contribution < 1.29 is 4.79 Å². The van der Waals surface area contributed by atoms with Crippen molar-refractivity contribution in [2.75, 3.05) is 38.0 Å². The molecule has 3 rings (SSSR count). The molecule has 0 unspecified atom stereocenters. The van der Waals surface area contributed by atoms with Gasteiger partial charge in [0, 0.05) is 43.5 Å². The lowest BCUT2D eigenvalue weighted by Gasteiger charge is -2.35. The normalized spacial score (nSPS) is 20.3. The van der Waals surface area contributed by atoms with Crippen LogP contribution in [0.3, 0.4) is 0 Å². The fraction of sp³-hybridized carbons (Fsp3) is 0.652. The summed E-state index contributed by atoms with van der Waals surface area (Å²) in [5, 5.41) is 7.18. The average molecular weight is 417 g/mol. The predicted molar refractivity (Wildman–Crippen MR) is 125 cm³/mol. The highest BCUT2D eigenvalue weighted by atomic mass is 32.1. The van der Waals surface area contributed by atoms with Gasteiger partial charge in [0.05, 0.1) is 0 Å². The summed E-state index contributed by atoms with van der Waals surface area (Å²) in [7, 11) is 0. The number of amides is 1. The molecule has 0 aliphatic carbocycles. The van der Waals surface area contributed by atoms with Crippen LogP contribution in [-0.4, -0.2) is 59.6 Å². The third kappa shape index (κ3) is 6.68. The summed E-state index contributed by atoms with van der Waals surface area (Å²) in [6.07, 6.45) is 9.87. The van der Waals surface area contributed by atoms with Gasteiger partial charge in [-0.25, -0.2) is 0 Å². The number of hydrogen-bond acceptors (Lipinski definition) is 3. The zero-order valence-electron chi connectivity index (χ0n) is 17.8. The van der Waals surface area contributed by atoms with E-state index in [-0.39, 0.29) is 5.91 Å². The number of benzene rings is 1. The van der Waals surface area contributed by atoms with Crippen molar-refractivity contribution in [2.45, 2.75) is 64.3 Å². The summed E-state index contributed by atoms with van der Waals surface area (Å²) in [6.45, 7) is 7.31. The number of piperidine rings is 2. The average Bonchev–Trinajstić information content (AvgIpc) is 2.77. The van der Waals surface area contributed by atoms with Crippen LogP contribution in [-0.2, 0) is 0 Å². The van der Waals surface area contributed by atoms with Gasteiger partial charge in [-0.2, -0.15) is 0 Å². The van der Waals surface area contributed by atoms with Crippen molar-refractivity contribution in [1.29, 1.82) is 0 Å². The molecule has 2 heterocycles. The van der Waals surface area contributed by atoms with E-state index in [0.717, 1.165) is 62.7 Å². The SMILES string of the molecule is CC[C@H]1CCCCN1CCCNC(=S)Nc1ccc(C(=O)N2CCCCC2)cc1. The molecule has 1 aromatic carbocycles. The second kappa shape index (κ2) is 11.5. The van der Waals surface area contributed by atoms with E-state index in [1.165, 1.54) is 38.6 Å². The minimum absolute atomic E-state index is 0.139. The summed E-state index contributed by atoms with van der Waals surface area (Å²) >= 11 is 5.43. The molecule has 2 saturated heterocycles. The molecule has 0 spiro atoms. The van der Waals surface area contributed by atoms with Gasteiger partial charge in [0.25, 0.3) is 5.91 Å². The smallest absolute Gasteiger partial charge is 0.253 e. The Bertz CT molecular complexity index is 657. The van der Waals surface area contributed by atoms with Crippen molar-refractivity contribution in [3.8, 4) is 0 Å². The maximum Gasteiger partial charge on any atom is 0.253 e. The molecule has 2 N–H and O–H groups in total. The van der Waals surface area contributed by atoms with Crippen LogP contribution in [0.15, 0.2) is 24.3 Å². The molecular formula is C23H36N4OS. The minimum atomic E-state index is 0.139. The predicted octanol–water partition coefficient (Wildman–Crippen LogP) is 4.25. The number of nitrogens with zero attached hydrogens (tertiary/aromatic N) is 2. The van der Waals surface area contributed by atoms with Crippen molar-refractivity contribution in [1.82, 2.24) is 15.1 Å². The Morgan fingerprint density at radius 3 is 2.52 bits per heavy atom. The monoisotopic (exact) mass is 416 g/mol. The van der Waals surface area contributed by atoms with Gasteiger partial charge >= 0.3 is 0 Å². The number of nitrogens with one attached hydrogen (secondary N) is 2. The van der Waals surface area contributed by atoms with Gasteiger partial charge in [-0.1, -0.05) is 13.3 Å². The van der Waals surface area contributed by atoms with E-state index in [0.29, 0.717) is 5.11 Å². The molecule has 1 aromatic rings. The zero-order valence-corrected chi connectivity index (χ0v) is 18.6. The van der Waals surface area contributed by atoms with E-state index in [2.05, 4.69) is 22.5 Å². The van der Waals surface area contributed by atoms with Crippen LogP contribution in [0.5, 0.6) is 0 Å². The van der Waals surface area contributed by atoms with Gasteiger partial charge in [0.2, 0.25) is 0 Å². The molecule has 6 heteroatoms. The molecule has 1 amide bonds. The highest BCUT2D eigenvalue weighted by Crippen LogP contribution is 2.19. The lowest BCUT2D eigenvalue weighted by atomic mass is 10.00. The quantitative estimate of drug-likeness (QED) is 0.514. The number of rotatable bonds is 7. The molecule has 160 valence electrons. The molecule has 29 heavy (non-hydrogen) atoms. The third-order valence-electron chi connectivity index (χ3n) is 6.16. The van der Waals surface area contributed by atoms with E-state index < -0.39 is 0 Å². The zero-order chi connectivity index (χ0) is 20.5. The Morgan fingerprint density at radius 1 is 1.07 bits per heavy atom. The largest absolute Gasteiger partial charge is 0.362 e. The van der Waals surface area contributed by atoms with Crippen LogP contribution in [0.1, 0.15) is 68.6 Å². The Hall–Kier alpha value is -1.66. The lowest BCUT2D eigenvalue weighted by molar-refractivity contribution is 0.0724. The number of hydrogen-bond donors (Lipinski definition) is 2. The second-order valence-corrected chi connectivity index (χ2v) is 8.67. The summed E-state index contributed by atoms with van der Waals surface area (Å²) in [4.78, 5) is 17.1. The first-order chi connectivity index (χ1) is 14.2. The van der Waals surface area contributed by atoms with Crippen LogP contribution in [0, 0.1) is 0 Å². The van der Waals surface area contributed by atoms with Crippen LogP contribution >= 0.6 is 12.2 Å². The van der Waals surface area contributed by atoms with Gasteiger partial charge in [0.15, 0.2) is 5.11 Å². The third-order valence-corrected chi connectivity index (χ3v) is 6.41. The van der Waals surface area contributed by atoms with E-state index in [9.17, 15) is 4.79 Å². The maximum atomic E-state index is 12.5. The van der Waals surface area contributed by atoms with Gasteiger partial charge in [-0.3, -0.25) is 4.79 Å². The standard InChI is InChI=1S/C23H36N4OS/c1-2-21-9-4-7-15-26(21)18-8-14-24-23(29)25-20-12-10-19(11-13-20)22(28)27-16-5-3-6-17-27/h10-13,21H,2-9,14-18H2,1H3,(H2,24,25,29)/t21-/m0/s1. The fourth-order valence-electron chi connectivity index (χ4n) is 4.45. The maximum absolute atomic E-state index is 12.5. The molecule has 0 saturated carbocycles. The van der Waals surface area contributed by atoms with Crippen LogP contribution in [0.25, 0.3) is 0 Å². The molecular weight excluding hydrogens is 380 g/mol. The van der Waals surface area contributed by atoms with Crippen molar-refractivity contribution >= 4 is 28.9 Å². The molecule has 2 aliphatic heterocycles. The van der Waals surface area contributed by atoms with Gasteiger partial charge in [-0.15, -0.1) is 0 Å². The lowest BCUT2D eigenvalue weighted by Crippen LogP contribution is -2.40. The topological polar surface area (TPSA) is 47.6 Å². The van der Waals surface area contributed by atoms with E-state index in [1.54, 1.807) is 0 Å². The summed E-state index contributed by atoms with van der Waals surface area (Å²) in [5.41, 5.74) is 1.67. The van der Waals surface area contributed by atoms with E-state index in [4.69, 9.17) is 12.2 Å². The number of likely N-dealkylation sites (tertiary alicyclic amines) is 2. The van der Waals surface area contributed by atoms with Crippen LogP contribution in [0.4, 0.5) is 5.69 Å². The first-order valence-corrected chi connectivity index (χ1v) is 11.8. The van der Waals surface area contributed by atoms with E-state index >= 15 is 0 Å². The molecule has 0 bridgehead atoms. The summed E-state index contributed by atoms with van der Waals surface area (Å²) in [6, 6.07) is 8.42. The van der Waals surface area contributed by atoms with E-state index in [1.807, 2.05) is 29.2 Å². The minimum Gasteiger partial charge on any atom is -0.362 e. The first kappa shape index (κ1) is 22.0. The number of thiocarbonyl (C=S) groups is 1.